The van der Waals surface area contributed by atoms with Gasteiger partial charge < -0.3 is 9.84 Å². The van der Waals surface area contributed by atoms with Gasteiger partial charge in [0.1, 0.15) is 0 Å². The van der Waals surface area contributed by atoms with Crippen LogP contribution in [0.15, 0.2) is 34.3 Å². The summed E-state index contributed by atoms with van der Waals surface area (Å²) in [5, 5.41) is 9.97. The highest BCUT2D eigenvalue weighted by Crippen LogP contribution is 2.31. The van der Waals surface area contributed by atoms with Gasteiger partial charge in [-0.05, 0) is 45.4 Å². The van der Waals surface area contributed by atoms with Crippen molar-refractivity contribution >= 4 is 17.5 Å². The molecule has 0 aromatic rings. The first-order valence-corrected chi connectivity index (χ1v) is 8.63. The zero-order valence-electron chi connectivity index (χ0n) is 15.9. The molecule has 138 valence electrons. The Bertz CT molecular complexity index is 658. The normalized spacial score (nSPS) is 16.4. The third kappa shape index (κ3) is 5.41. The average Bonchev–Trinajstić information content (AvgIpc) is 2.49. The first kappa shape index (κ1) is 20.9. The molecule has 1 rings (SSSR count). The van der Waals surface area contributed by atoms with E-state index in [0.29, 0.717) is 6.42 Å². The number of rotatable bonds is 7. The van der Waals surface area contributed by atoms with E-state index in [2.05, 4.69) is 0 Å². The maximum absolute atomic E-state index is 12.5. The quantitative estimate of drug-likeness (QED) is 0.424. The number of allylic oxidation sites excluding steroid dienone is 4. The molecule has 25 heavy (non-hydrogen) atoms. The largest absolute Gasteiger partial charge is 0.504 e. The Morgan fingerprint density at radius 2 is 1.76 bits per heavy atom. The molecule has 0 heterocycles. The summed E-state index contributed by atoms with van der Waals surface area (Å²) in [5.74, 6) is -2.80. The van der Waals surface area contributed by atoms with Crippen molar-refractivity contribution in [2.45, 2.75) is 60.8 Å². The Morgan fingerprint density at radius 3 is 2.28 bits per heavy atom. The molecule has 0 fully saturated rings. The summed E-state index contributed by atoms with van der Waals surface area (Å²) in [7, 11) is 0. The predicted octanol–water partition coefficient (Wildman–Crippen LogP) is 4.20. The summed E-state index contributed by atoms with van der Waals surface area (Å²) in [6.07, 6.45) is 3.53. The number of ketones is 2. The van der Waals surface area contributed by atoms with Gasteiger partial charge in [-0.1, -0.05) is 32.4 Å². The van der Waals surface area contributed by atoms with E-state index in [1.54, 1.807) is 6.92 Å². The highest BCUT2D eigenvalue weighted by Gasteiger charge is 2.37. The maximum atomic E-state index is 12.5. The Kier molecular flexibility index (Phi) is 7.34. The van der Waals surface area contributed by atoms with Gasteiger partial charge >= 0.3 is 5.97 Å². The number of aliphatic hydroxyl groups is 1. The summed E-state index contributed by atoms with van der Waals surface area (Å²) >= 11 is 0. The van der Waals surface area contributed by atoms with Crippen molar-refractivity contribution in [3.63, 3.8) is 0 Å². The lowest BCUT2D eigenvalue weighted by atomic mass is 9.84. The molecule has 0 saturated heterocycles. The zero-order valence-corrected chi connectivity index (χ0v) is 15.9. The lowest BCUT2D eigenvalue weighted by molar-refractivity contribution is -0.143. The van der Waals surface area contributed by atoms with Crippen LogP contribution < -0.4 is 0 Å². The van der Waals surface area contributed by atoms with E-state index in [4.69, 9.17) is 4.74 Å². The minimum absolute atomic E-state index is 0.0751. The molecule has 5 heteroatoms. The fraction of sp³-hybridized carbons (Fsp3) is 0.550. The number of hydrogen-bond acceptors (Lipinski definition) is 5. The molecule has 0 amide bonds. The average molecular weight is 348 g/mol. The third-order valence-corrected chi connectivity index (χ3v) is 4.04. The second-order valence-electron chi connectivity index (χ2n) is 7.21. The molecule has 0 bridgehead atoms. The van der Waals surface area contributed by atoms with E-state index in [-0.39, 0.29) is 35.2 Å². The lowest BCUT2D eigenvalue weighted by Crippen LogP contribution is -2.29. The number of carbonyl (C=O) groups excluding carboxylic acids is 3. The molecular formula is C20H28O5. The van der Waals surface area contributed by atoms with Gasteiger partial charge in [0.2, 0.25) is 11.6 Å². The molecule has 0 spiro atoms. The molecule has 0 unspecified atom stereocenters. The van der Waals surface area contributed by atoms with Crippen LogP contribution in [0.5, 0.6) is 0 Å². The van der Waals surface area contributed by atoms with Crippen molar-refractivity contribution in [1.82, 2.24) is 0 Å². The van der Waals surface area contributed by atoms with Gasteiger partial charge in [-0.15, -0.1) is 0 Å². The molecule has 0 radical (unpaired) electrons. The number of ether oxygens (including phenoxy) is 1. The zero-order chi connectivity index (χ0) is 19.3. The van der Waals surface area contributed by atoms with Crippen molar-refractivity contribution in [3.8, 4) is 0 Å². The van der Waals surface area contributed by atoms with Crippen LogP contribution in [0.3, 0.4) is 0 Å². The third-order valence-electron chi connectivity index (χ3n) is 4.04. The summed E-state index contributed by atoms with van der Waals surface area (Å²) in [5.41, 5.74) is 1.17. The molecule has 1 aliphatic carbocycles. The van der Waals surface area contributed by atoms with Gasteiger partial charge in [0, 0.05) is 12.0 Å². The Balaban J connectivity index is 3.19. The minimum Gasteiger partial charge on any atom is -0.504 e. The lowest BCUT2D eigenvalue weighted by Gasteiger charge is -2.23. The summed E-state index contributed by atoms with van der Waals surface area (Å²) < 4.78 is 5.27. The van der Waals surface area contributed by atoms with Crippen molar-refractivity contribution in [3.05, 3.63) is 34.3 Å². The maximum Gasteiger partial charge on any atom is 0.311 e. The number of Topliss-reactive ketones (excluding diaryl/α,β-unsaturated/α-hetero) is 2. The molecule has 1 aliphatic rings. The van der Waals surface area contributed by atoms with Gasteiger partial charge in [0.05, 0.1) is 5.57 Å². The van der Waals surface area contributed by atoms with E-state index < -0.39 is 23.3 Å². The van der Waals surface area contributed by atoms with Crippen LogP contribution in [0, 0.1) is 11.8 Å². The predicted molar refractivity (Wildman–Crippen MR) is 95.7 cm³/mol. The highest BCUT2D eigenvalue weighted by molar-refractivity contribution is 6.23. The first-order valence-electron chi connectivity index (χ1n) is 8.63. The van der Waals surface area contributed by atoms with E-state index >= 15 is 0 Å². The van der Waals surface area contributed by atoms with E-state index in [1.165, 1.54) is 6.92 Å². The summed E-state index contributed by atoms with van der Waals surface area (Å²) in [6, 6.07) is 0. The minimum atomic E-state index is -0.630. The molecule has 0 aromatic heterocycles. The van der Waals surface area contributed by atoms with Crippen LogP contribution in [-0.4, -0.2) is 22.6 Å². The second-order valence-corrected chi connectivity index (χ2v) is 7.21. The van der Waals surface area contributed by atoms with E-state index in [9.17, 15) is 19.5 Å². The van der Waals surface area contributed by atoms with Gasteiger partial charge in [-0.2, -0.15) is 0 Å². The second kappa shape index (κ2) is 8.79. The Labute approximate surface area is 149 Å². The van der Waals surface area contributed by atoms with Crippen LogP contribution >= 0.6 is 0 Å². The molecule has 1 atom stereocenters. The monoisotopic (exact) mass is 348 g/mol. The number of carbonyl (C=O) groups is 3. The van der Waals surface area contributed by atoms with Crippen molar-refractivity contribution in [2.24, 2.45) is 11.8 Å². The molecule has 0 aromatic carbocycles. The first-order chi connectivity index (χ1) is 11.6. The summed E-state index contributed by atoms with van der Waals surface area (Å²) in [6.45, 7) is 10.8. The standard InChI is InChI=1S/C20H28O5/c1-11(2)8-7-9-13(5)16-19(24)17(22)14(6)18(23)20(16)25-15(21)10-12(3)4/h8,12-13,22H,7,9-10H2,1-6H3/t13-/m1/s1. The summed E-state index contributed by atoms with van der Waals surface area (Å²) in [4.78, 5) is 37.0. The van der Waals surface area contributed by atoms with Crippen molar-refractivity contribution < 1.29 is 24.2 Å². The topological polar surface area (TPSA) is 80.7 Å². The van der Waals surface area contributed by atoms with Crippen molar-refractivity contribution in [2.75, 3.05) is 0 Å². The Hall–Kier alpha value is -2.17. The molecule has 5 nitrogen and oxygen atoms in total. The van der Waals surface area contributed by atoms with Gasteiger partial charge in [-0.25, -0.2) is 0 Å². The van der Waals surface area contributed by atoms with Crippen molar-refractivity contribution in [1.29, 1.82) is 0 Å². The molecule has 0 aliphatic heterocycles. The van der Waals surface area contributed by atoms with Crippen LogP contribution in [0.4, 0.5) is 0 Å². The smallest absolute Gasteiger partial charge is 0.311 e. The number of hydrogen-bond donors (Lipinski definition) is 1. The van der Waals surface area contributed by atoms with Crippen LogP contribution in [0.1, 0.15) is 60.8 Å². The Morgan fingerprint density at radius 1 is 1.16 bits per heavy atom. The van der Waals surface area contributed by atoms with Crippen LogP contribution in [0.25, 0.3) is 0 Å². The van der Waals surface area contributed by atoms with Gasteiger partial charge in [0.25, 0.3) is 0 Å². The van der Waals surface area contributed by atoms with E-state index in [1.807, 2.05) is 33.8 Å². The van der Waals surface area contributed by atoms with Gasteiger partial charge in [0.15, 0.2) is 11.5 Å². The molecule has 1 N–H and O–H groups in total. The van der Waals surface area contributed by atoms with Crippen LogP contribution in [0.2, 0.25) is 0 Å². The van der Waals surface area contributed by atoms with Gasteiger partial charge in [-0.3, -0.25) is 14.4 Å². The van der Waals surface area contributed by atoms with E-state index in [0.717, 1.165) is 12.0 Å². The fourth-order valence-electron chi connectivity index (χ4n) is 2.61. The van der Waals surface area contributed by atoms with Crippen LogP contribution in [-0.2, 0) is 19.1 Å². The molecular weight excluding hydrogens is 320 g/mol. The number of esters is 1. The fourth-order valence-corrected chi connectivity index (χ4v) is 2.61. The SMILES string of the molecule is CC(C)=CCC[C@@H](C)C1=C(OC(=O)CC(C)C)C(=O)C(C)=C(O)C1=O. The highest BCUT2D eigenvalue weighted by atomic mass is 16.5. The molecule has 0 saturated carbocycles. The number of aliphatic hydroxyl groups excluding tert-OH is 1.